The van der Waals surface area contributed by atoms with Gasteiger partial charge in [0.25, 0.3) is 0 Å². The van der Waals surface area contributed by atoms with E-state index in [0.717, 1.165) is 12.8 Å². The molecule has 1 fully saturated rings. The molecule has 1 saturated carbocycles. The second kappa shape index (κ2) is 5.05. The van der Waals surface area contributed by atoms with Gasteiger partial charge in [0, 0.05) is 6.04 Å². The van der Waals surface area contributed by atoms with E-state index in [9.17, 15) is 4.39 Å². The molecule has 0 aromatic carbocycles. The third-order valence-electron chi connectivity index (χ3n) is 2.53. The van der Waals surface area contributed by atoms with Crippen LogP contribution >= 0.6 is 0 Å². The summed E-state index contributed by atoms with van der Waals surface area (Å²) < 4.78 is 13.0. The van der Waals surface area contributed by atoms with Gasteiger partial charge in [0.2, 0.25) is 0 Å². The Kier molecular flexibility index (Phi) is 4.00. The molecule has 1 rings (SSSR count). The SMILES string of the molecule is C=C(NC1CCCCC1)/C(F)=C\C. The molecule has 0 radical (unpaired) electrons. The Bertz CT molecular complexity index is 202. The second-order valence-electron chi connectivity index (χ2n) is 3.59. The second-order valence-corrected chi connectivity index (χ2v) is 3.59. The quantitative estimate of drug-likeness (QED) is 0.662. The lowest BCUT2D eigenvalue weighted by Crippen LogP contribution is -2.30. The van der Waals surface area contributed by atoms with Crippen LogP contribution in [0.3, 0.4) is 0 Å². The van der Waals surface area contributed by atoms with Gasteiger partial charge >= 0.3 is 0 Å². The Hall–Kier alpha value is -0.790. The van der Waals surface area contributed by atoms with Gasteiger partial charge in [-0.1, -0.05) is 25.8 Å². The molecule has 74 valence electrons. The molecule has 0 amide bonds. The van der Waals surface area contributed by atoms with E-state index >= 15 is 0 Å². The van der Waals surface area contributed by atoms with E-state index in [1.807, 2.05) is 0 Å². The summed E-state index contributed by atoms with van der Waals surface area (Å²) in [7, 11) is 0. The molecule has 0 spiro atoms. The highest BCUT2D eigenvalue weighted by atomic mass is 19.1. The van der Waals surface area contributed by atoms with Crippen LogP contribution in [0.4, 0.5) is 4.39 Å². The molecule has 1 nitrogen and oxygen atoms in total. The average molecular weight is 183 g/mol. The highest BCUT2D eigenvalue weighted by Crippen LogP contribution is 2.19. The lowest BCUT2D eigenvalue weighted by Gasteiger charge is -2.24. The van der Waals surface area contributed by atoms with Gasteiger partial charge in [0.05, 0.1) is 5.70 Å². The van der Waals surface area contributed by atoms with Gasteiger partial charge < -0.3 is 5.32 Å². The summed E-state index contributed by atoms with van der Waals surface area (Å²) in [5.41, 5.74) is 0.439. The Morgan fingerprint density at radius 1 is 1.38 bits per heavy atom. The molecule has 0 unspecified atom stereocenters. The number of hydrogen-bond acceptors (Lipinski definition) is 1. The summed E-state index contributed by atoms with van der Waals surface area (Å²) >= 11 is 0. The summed E-state index contributed by atoms with van der Waals surface area (Å²) in [6.45, 7) is 5.35. The largest absolute Gasteiger partial charge is 0.380 e. The van der Waals surface area contributed by atoms with Gasteiger partial charge in [0.1, 0.15) is 5.83 Å². The molecule has 2 heteroatoms. The van der Waals surface area contributed by atoms with Gasteiger partial charge in [-0.3, -0.25) is 0 Å². The molecule has 0 aliphatic heterocycles. The van der Waals surface area contributed by atoms with Crippen LogP contribution in [-0.2, 0) is 0 Å². The number of allylic oxidation sites excluding steroid dienone is 2. The van der Waals surface area contributed by atoms with Crippen molar-refractivity contribution in [2.75, 3.05) is 0 Å². The number of halogens is 1. The molecule has 0 atom stereocenters. The molecule has 0 aromatic rings. The Balaban J connectivity index is 2.34. The molecule has 1 aliphatic rings. The van der Waals surface area contributed by atoms with E-state index in [-0.39, 0.29) is 5.83 Å². The van der Waals surface area contributed by atoms with Crippen molar-refractivity contribution in [1.82, 2.24) is 5.32 Å². The van der Waals surface area contributed by atoms with E-state index < -0.39 is 0 Å². The molecule has 13 heavy (non-hydrogen) atoms. The predicted octanol–water partition coefficient (Wildman–Crippen LogP) is 3.30. The van der Waals surface area contributed by atoms with E-state index in [1.54, 1.807) is 6.92 Å². The number of hydrogen-bond donors (Lipinski definition) is 1. The molecule has 0 aromatic heterocycles. The monoisotopic (exact) mass is 183 g/mol. The summed E-state index contributed by atoms with van der Waals surface area (Å²) in [5.74, 6) is -0.231. The molecule has 0 saturated heterocycles. The highest BCUT2D eigenvalue weighted by Gasteiger charge is 2.14. The maximum Gasteiger partial charge on any atom is 0.141 e. The Labute approximate surface area is 79.7 Å². The summed E-state index contributed by atoms with van der Waals surface area (Å²) in [5, 5.41) is 3.13. The van der Waals surface area contributed by atoms with Gasteiger partial charge in [0.15, 0.2) is 0 Å². The van der Waals surface area contributed by atoms with Crippen molar-refractivity contribution in [3.8, 4) is 0 Å². The fraction of sp³-hybridized carbons (Fsp3) is 0.636. The molecular weight excluding hydrogens is 165 g/mol. The van der Waals surface area contributed by atoms with Crippen LogP contribution in [0.15, 0.2) is 24.2 Å². The minimum absolute atomic E-state index is 0.231. The predicted molar refractivity (Wildman–Crippen MR) is 54.0 cm³/mol. The molecule has 0 bridgehead atoms. The first kappa shape index (κ1) is 10.3. The molecule has 1 N–H and O–H groups in total. The van der Waals surface area contributed by atoms with Crippen molar-refractivity contribution in [3.63, 3.8) is 0 Å². The normalized spacial score (nSPS) is 20.0. The van der Waals surface area contributed by atoms with Crippen molar-refractivity contribution >= 4 is 0 Å². The first-order chi connectivity index (χ1) is 6.24. The van der Waals surface area contributed by atoms with Crippen LogP contribution in [0.25, 0.3) is 0 Å². The molecular formula is C11H18FN. The van der Waals surface area contributed by atoms with Crippen molar-refractivity contribution in [1.29, 1.82) is 0 Å². The van der Waals surface area contributed by atoms with Crippen LogP contribution < -0.4 is 5.32 Å². The minimum Gasteiger partial charge on any atom is -0.380 e. The van der Waals surface area contributed by atoms with E-state index in [0.29, 0.717) is 11.7 Å². The highest BCUT2D eigenvalue weighted by molar-refractivity contribution is 5.19. The van der Waals surface area contributed by atoms with Gasteiger partial charge in [-0.05, 0) is 25.8 Å². The van der Waals surface area contributed by atoms with E-state index in [2.05, 4.69) is 11.9 Å². The zero-order valence-electron chi connectivity index (χ0n) is 8.28. The lowest BCUT2D eigenvalue weighted by atomic mass is 9.95. The van der Waals surface area contributed by atoms with Crippen LogP contribution in [-0.4, -0.2) is 6.04 Å². The first-order valence-electron chi connectivity index (χ1n) is 5.01. The Morgan fingerprint density at radius 3 is 2.54 bits per heavy atom. The standard InChI is InChI=1S/C11H18FN/c1-3-11(12)9(2)13-10-7-5-4-6-8-10/h3,10,13H,2,4-8H2,1H3/b11-3+. The maximum atomic E-state index is 13.0. The summed E-state index contributed by atoms with van der Waals surface area (Å²) in [6, 6.07) is 0.437. The number of nitrogens with one attached hydrogen (secondary N) is 1. The van der Waals surface area contributed by atoms with Gasteiger partial charge in [-0.15, -0.1) is 0 Å². The fourth-order valence-corrected chi connectivity index (χ4v) is 1.74. The van der Waals surface area contributed by atoms with E-state index in [4.69, 9.17) is 0 Å². The summed E-state index contributed by atoms with van der Waals surface area (Å²) in [4.78, 5) is 0. The van der Waals surface area contributed by atoms with Crippen LogP contribution in [0.2, 0.25) is 0 Å². The Morgan fingerprint density at radius 2 is 2.00 bits per heavy atom. The lowest BCUT2D eigenvalue weighted by molar-refractivity contribution is 0.393. The topological polar surface area (TPSA) is 12.0 Å². The number of rotatable bonds is 3. The molecule has 0 heterocycles. The van der Waals surface area contributed by atoms with Crippen molar-refractivity contribution in [2.24, 2.45) is 0 Å². The molecule has 1 aliphatic carbocycles. The smallest absolute Gasteiger partial charge is 0.141 e. The third-order valence-corrected chi connectivity index (χ3v) is 2.53. The van der Waals surface area contributed by atoms with Crippen LogP contribution in [0, 0.1) is 0 Å². The average Bonchev–Trinajstić information content (AvgIpc) is 2.18. The van der Waals surface area contributed by atoms with Crippen LogP contribution in [0.5, 0.6) is 0 Å². The minimum atomic E-state index is -0.231. The zero-order chi connectivity index (χ0) is 9.68. The van der Waals surface area contributed by atoms with Crippen molar-refractivity contribution in [2.45, 2.75) is 45.1 Å². The summed E-state index contributed by atoms with van der Waals surface area (Å²) in [6.07, 6.45) is 7.56. The first-order valence-corrected chi connectivity index (χ1v) is 5.01. The fourth-order valence-electron chi connectivity index (χ4n) is 1.74. The van der Waals surface area contributed by atoms with Gasteiger partial charge in [-0.2, -0.15) is 0 Å². The van der Waals surface area contributed by atoms with Crippen molar-refractivity contribution in [3.05, 3.63) is 24.2 Å². The maximum absolute atomic E-state index is 13.0. The van der Waals surface area contributed by atoms with Crippen LogP contribution in [0.1, 0.15) is 39.0 Å². The van der Waals surface area contributed by atoms with Crippen molar-refractivity contribution < 1.29 is 4.39 Å². The van der Waals surface area contributed by atoms with Gasteiger partial charge in [-0.25, -0.2) is 4.39 Å². The van der Waals surface area contributed by atoms with E-state index in [1.165, 1.54) is 25.3 Å². The zero-order valence-corrected chi connectivity index (χ0v) is 8.28. The third kappa shape index (κ3) is 3.21.